The zero-order valence-corrected chi connectivity index (χ0v) is 12.3. The van der Waals surface area contributed by atoms with Crippen LogP contribution in [0.4, 0.5) is 0 Å². The molecule has 0 spiro atoms. The van der Waals surface area contributed by atoms with Gasteiger partial charge in [0.25, 0.3) is 0 Å². The summed E-state index contributed by atoms with van der Waals surface area (Å²) >= 11 is 4.77. The van der Waals surface area contributed by atoms with Crippen LogP contribution in [-0.2, 0) is 16.6 Å². The maximum Gasteiger partial charge on any atom is 0.241 e. The first kappa shape index (κ1) is 13.5. The zero-order valence-electron chi connectivity index (χ0n) is 9.13. The Morgan fingerprint density at radius 2 is 2.11 bits per heavy atom. The maximum absolute atomic E-state index is 11.9. The van der Waals surface area contributed by atoms with Crippen LogP contribution in [-0.4, -0.2) is 13.5 Å². The highest BCUT2D eigenvalue weighted by Gasteiger charge is 2.14. The number of phenolic OH excluding ortho intramolecular Hbond substituents is 1. The van der Waals surface area contributed by atoms with Crippen LogP contribution in [0.3, 0.4) is 0 Å². The third-order valence-electron chi connectivity index (χ3n) is 2.19. The van der Waals surface area contributed by atoms with E-state index < -0.39 is 10.0 Å². The van der Waals surface area contributed by atoms with Crippen molar-refractivity contribution in [3.8, 4) is 5.75 Å². The number of nitrogens with one attached hydrogen (secondary N) is 1. The molecule has 7 heteroatoms. The van der Waals surface area contributed by atoms with Crippen molar-refractivity contribution in [1.82, 2.24) is 4.72 Å². The Morgan fingerprint density at radius 3 is 2.72 bits per heavy atom. The van der Waals surface area contributed by atoms with E-state index in [4.69, 9.17) is 0 Å². The molecule has 0 fully saturated rings. The van der Waals surface area contributed by atoms with E-state index >= 15 is 0 Å². The molecule has 96 valence electrons. The van der Waals surface area contributed by atoms with Gasteiger partial charge in [0.1, 0.15) is 5.75 Å². The van der Waals surface area contributed by atoms with Gasteiger partial charge in [-0.05, 0) is 40.2 Å². The molecule has 1 aromatic carbocycles. The fraction of sp³-hybridized carbons (Fsp3) is 0.0909. The summed E-state index contributed by atoms with van der Waals surface area (Å²) < 4.78 is 27.3. The van der Waals surface area contributed by atoms with Crippen molar-refractivity contribution in [1.29, 1.82) is 0 Å². The fourth-order valence-electron chi connectivity index (χ4n) is 1.35. The highest BCUT2D eigenvalue weighted by molar-refractivity contribution is 9.10. The number of hydrogen-bond donors (Lipinski definition) is 2. The molecule has 0 radical (unpaired) electrons. The third kappa shape index (κ3) is 3.32. The SMILES string of the molecule is O=S(=O)(NCc1cc(Br)cs1)c1cccc(O)c1. The molecule has 18 heavy (non-hydrogen) atoms. The summed E-state index contributed by atoms with van der Waals surface area (Å²) in [4.78, 5) is 0.962. The fourth-order valence-corrected chi connectivity index (χ4v) is 3.87. The quantitative estimate of drug-likeness (QED) is 0.893. The van der Waals surface area contributed by atoms with Gasteiger partial charge in [-0.2, -0.15) is 0 Å². The number of hydrogen-bond acceptors (Lipinski definition) is 4. The maximum atomic E-state index is 11.9. The van der Waals surface area contributed by atoms with E-state index in [9.17, 15) is 13.5 Å². The Hall–Kier alpha value is -0.890. The van der Waals surface area contributed by atoms with Crippen LogP contribution in [0, 0.1) is 0 Å². The lowest BCUT2D eigenvalue weighted by Gasteiger charge is -2.05. The molecule has 0 saturated heterocycles. The number of phenols is 1. The largest absolute Gasteiger partial charge is 0.508 e. The van der Waals surface area contributed by atoms with Crippen LogP contribution >= 0.6 is 27.3 Å². The Labute approximate surface area is 117 Å². The summed E-state index contributed by atoms with van der Waals surface area (Å²) in [6, 6.07) is 7.43. The van der Waals surface area contributed by atoms with Gasteiger partial charge in [0, 0.05) is 21.3 Å². The summed E-state index contributed by atoms with van der Waals surface area (Å²) in [5.41, 5.74) is 0. The summed E-state index contributed by atoms with van der Waals surface area (Å²) in [6.07, 6.45) is 0. The van der Waals surface area contributed by atoms with Crippen molar-refractivity contribution in [2.24, 2.45) is 0 Å². The van der Waals surface area contributed by atoms with Crippen LogP contribution < -0.4 is 4.72 Å². The van der Waals surface area contributed by atoms with Gasteiger partial charge in [0.15, 0.2) is 0 Å². The molecule has 1 heterocycles. The lowest BCUT2D eigenvalue weighted by Crippen LogP contribution is -2.22. The summed E-state index contributed by atoms with van der Waals surface area (Å²) in [6.45, 7) is 0.230. The smallest absolute Gasteiger partial charge is 0.241 e. The molecule has 2 aromatic rings. The van der Waals surface area contributed by atoms with Gasteiger partial charge in [-0.1, -0.05) is 6.07 Å². The van der Waals surface area contributed by atoms with Crippen molar-refractivity contribution >= 4 is 37.3 Å². The number of thiophene rings is 1. The second kappa shape index (κ2) is 5.40. The van der Waals surface area contributed by atoms with E-state index in [0.717, 1.165) is 9.35 Å². The number of aromatic hydroxyl groups is 1. The molecule has 0 amide bonds. The molecule has 2 N–H and O–H groups in total. The predicted octanol–water partition coefficient (Wildman–Crippen LogP) is 2.69. The van der Waals surface area contributed by atoms with Crippen molar-refractivity contribution in [3.05, 3.63) is 45.1 Å². The van der Waals surface area contributed by atoms with Gasteiger partial charge in [-0.3, -0.25) is 0 Å². The molecule has 0 aliphatic carbocycles. The lowest BCUT2D eigenvalue weighted by molar-refractivity contribution is 0.473. The minimum absolute atomic E-state index is 0.0538. The van der Waals surface area contributed by atoms with Gasteiger partial charge >= 0.3 is 0 Å². The standard InChI is InChI=1S/C11H10BrNO3S2/c12-8-4-10(17-7-8)6-13-18(15,16)11-3-1-2-9(14)5-11/h1-5,7,13-14H,6H2. The van der Waals surface area contributed by atoms with Gasteiger partial charge < -0.3 is 5.11 Å². The molecule has 0 aliphatic rings. The van der Waals surface area contributed by atoms with Crippen molar-refractivity contribution < 1.29 is 13.5 Å². The minimum atomic E-state index is -3.59. The minimum Gasteiger partial charge on any atom is -0.508 e. The van der Waals surface area contributed by atoms with Gasteiger partial charge in [0.05, 0.1) is 4.90 Å². The average Bonchev–Trinajstić information content (AvgIpc) is 2.73. The molecular formula is C11H10BrNO3S2. The van der Waals surface area contributed by atoms with E-state index in [-0.39, 0.29) is 17.2 Å². The lowest BCUT2D eigenvalue weighted by atomic mass is 10.3. The van der Waals surface area contributed by atoms with E-state index in [1.54, 1.807) is 0 Å². The van der Waals surface area contributed by atoms with Crippen LogP contribution in [0.5, 0.6) is 5.75 Å². The van der Waals surface area contributed by atoms with E-state index in [2.05, 4.69) is 20.7 Å². The van der Waals surface area contributed by atoms with Gasteiger partial charge in [-0.15, -0.1) is 11.3 Å². The number of benzene rings is 1. The van der Waals surface area contributed by atoms with E-state index in [0.29, 0.717) is 0 Å². The molecule has 0 saturated carbocycles. The van der Waals surface area contributed by atoms with Crippen LogP contribution in [0.2, 0.25) is 0 Å². The molecular weight excluding hydrogens is 338 g/mol. The first-order valence-electron chi connectivity index (χ1n) is 4.99. The van der Waals surface area contributed by atoms with Gasteiger partial charge in [0.2, 0.25) is 10.0 Å². The van der Waals surface area contributed by atoms with Gasteiger partial charge in [-0.25, -0.2) is 13.1 Å². The molecule has 0 aliphatic heterocycles. The molecule has 0 atom stereocenters. The average molecular weight is 348 g/mol. The second-order valence-corrected chi connectivity index (χ2v) is 7.23. The van der Waals surface area contributed by atoms with Crippen LogP contribution in [0.15, 0.2) is 45.1 Å². The van der Waals surface area contributed by atoms with E-state index in [1.807, 2.05) is 11.4 Å². The van der Waals surface area contributed by atoms with Crippen molar-refractivity contribution in [2.75, 3.05) is 0 Å². The molecule has 4 nitrogen and oxygen atoms in total. The summed E-state index contributed by atoms with van der Waals surface area (Å²) in [5.74, 6) is -0.0725. The molecule has 0 unspecified atom stereocenters. The first-order chi connectivity index (χ1) is 8.47. The predicted molar refractivity (Wildman–Crippen MR) is 74.2 cm³/mol. The Bertz CT molecular complexity index is 652. The topological polar surface area (TPSA) is 66.4 Å². The van der Waals surface area contributed by atoms with Crippen molar-refractivity contribution in [2.45, 2.75) is 11.4 Å². The monoisotopic (exact) mass is 347 g/mol. The Balaban J connectivity index is 2.13. The molecule has 2 rings (SSSR count). The third-order valence-corrected chi connectivity index (χ3v) is 5.28. The number of rotatable bonds is 4. The highest BCUT2D eigenvalue weighted by atomic mass is 79.9. The number of sulfonamides is 1. The number of halogens is 1. The van der Waals surface area contributed by atoms with Crippen LogP contribution in [0.25, 0.3) is 0 Å². The second-order valence-electron chi connectivity index (χ2n) is 3.55. The Morgan fingerprint density at radius 1 is 1.33 bits per heavy atom. The Kier molecular flexibility index (Phi) is 4.06. The normalized spacial score (nSPS) is 11.6. The first-order valence-corrected chi connectivity index (χ1v) is 8.14. The highest BCUT2D eigenvalue weighted by Crippen LogP contribution is 2.21. The zero-order chi connectivity index (χ0) is 13.2. The van der Waals surface area contributed by atoms with Crippen LogP contribution in [0.1, 0.15) is 4.88 Å². The molecule has 0 bridgehead atoms. The summed E-state index contributed by atoms with van der Waals surface area (Å²) in [7, 11) is -3.59. The molecule has 1 aromatic heterocycles. The van der Waals surface area contributed by atoms with E-state index in [1.165, 1.54) is 35.6 Å². The summed E-state index contributed by atoms with van der Waals surface area (Å²) in [5, 5.41) is 11.2. The van der Waals surface area contributed by atoms with Crippen molar-refractivity contribution in [3.63, 3.8) is 0 Å².